The van der Waals surface area contributed by atoms with Crippen molar-refractivity contribution in [2.45, 2.75) is 33.2 Å². The summed E-state index contributed by atoms with van der Waals surface area (Å²) in [6.45, 7) is 3.98. The van der Waals surface area contributed by atoms with Gasteiger partial charge in [-0.15, -0.1) is 11.3 Å². The molecule has 0 spiro atoms. The summed E-state index contributed by atoms with van der Waals surface area (Å²) in [5, 5.41) is 3.62. The van der Waals surface area contributed by atoms with Crippen LogP contribution in [0, 0.1) is 13.8 Å². The first-order valence-corrected chi connectivity index (χ1v) is 10.4. The van der Waals surface area contributed by atoms with Gasteiger partial charge in [-0.05, 0) is 31.9 Å². The average molecular weight is 445 g/mol. The normalized spacial score (nSPS) is 10.8. The standard InChI is InChI=1S/C21H24N4O5S/c1-11-12(2)31-20(18(11)19(22)27)24-17(26)6-5-7-25-10-23-14-9-16(30-4)15(29-3)8-13(14)21(25)28/h8-10H,5-7H2,1-4H3,(H2,22,27)(H,24,26). The van der Waals surface area contributed by atoms with Gasteiger partial charge in [0.15, 0.2) is 11.5 Å². The van der Waals surface area contributed by atoms with Crippen LogP contribution < -0.4 is 26.1 Å². The Bertz CT molecular complexity index is 1210. The molecule has 1 aromatic carbocycles. The van der Waals surface area contributed by atoms with Gasteiger partial charge in [0.2, 0.25) is 5.91 Å². The summed E-state index contributed by atoms with van der Waals surface area (Å²) in [6.07, 6.45) is 2.04. The van der Waals surface area contributed by atoms with Crippen LogP contribution in [0.2, 0.25) is 0 Å². The number of nitrogens with zero attached hydrogens (tertiary/aromatic N) is 2. The molecule has 9 nitrogen and oxygen atoms in total. The van der Waals surface area contributed by atoms with Gasteiger partial charge in [0.25, 0.3) is 11.5 Å². The number of benzene rings is 1. The minimum absolute atomic E-state index is 0.171. The number of fused-ring (bicyclic) bond motifs is 1. The number of hydrogen-bond acceptors (Lipinski definition) is 7. The molecule has 164 valence electrons. The van der Waals surface area contributed by atoms with E-state index in [-0.39, 0.29) is 17.9 Å². The van der Waals surface area contributed by atoms with Crippen molar-refractivity contribution in [3.63, 3.8) is 0 Å². The number of carbonyl (C=O) groups excluding carboxylic acids is 2. The maximum atomic E-state index is 12.8. The van der Waals surface area contributed by atoms with Crippen LogP contribution in [0.25, 0.3) is 10.9 Å². The number of thiophene rings is 1. The summed E-state index contributed by atoms with van der Waals surface area (Å²) in [5.41, 5.74) is 6.82. The Morgan fingerprint density at radius 1 is 1.19 bits per heavy atom. The minimum atomic E-state index is -0.571. The highest BCUT2D eigenvalue weighted by Crippen LogP contribution is 2.32. The number of rotatable bonds is 8. The third-order valence-corrected chi connectivity index (χ3v) is 6.14. The fraction of sp³-hybridized carbons (Fsp3) is 0.333. The van der Waals surface area contributed by atoms with E-state index in [2.05, 4.69) is 10.3 Å². The summed E-state index contributed by atoms with van der Waals surface area (Å²) in [7, 11) is 3.01. The fourth-order valence-electron chi connectivity index (χ4n) is 3.26. The predicted molar refractivity (Wildman–Crippen MR) is 119 cm³/mol. The number of carbonyl (C=O) groups is 2. The second-order valence-electron chi connectivity index (χ2n) is 6.97. The van der Waals surface area contributed by atoms with Crippen LogP contribution in [-0.4, -0.2) is 35.6 Å². The van der Waals surface area contributed by atoms with Gasteiger partial charge in [0, 0.05) is 23.9 Å². The van der Waals surface area contributed by atoms with E-state index in [0.29, 0.717) is 45.9 Å². The van der Waals surface area contributed by atoms with E-state index in [9.17, 15) is 14.4 Å². The second kappa shape index (κ2) is 9.17. The van der Waals surface area contributed by atoms with Crippen LogP contribution in [0.1, 0.15) is 33.6 Å². The molecular weight excluding hydrogens is 420 g/mol. The lowest BCUT2D eigenvalue weighted by molar-refractivity contribution is -0.116. The maximum Gasteiger partial charge on any atom is 0.261 e. The molecule has 0 aliphatic heterocycles. The number of primary amides is 1. The molecule has 0 saturated carbocycles. The zero-order valence-corrected chi connectivity index (χ0v) is 18.6. The van der Waals surface area contributed by atoms with Gasteiger partial charge in [-0.3, -0.25) is 19.0 Å². The topological polar surface area (TPSA) is 126 Å². The summed E-state index contributed by atoms with van der Waals surface area (Å²) in [6, 6.07) is 3.24. The molecule has 0 aliphatic rings. The van der Waals surface area contributed by atoms with Crippen molar-refractivity contribution in [1.82, 2.24) is 9.55 Å². The van der Waals surface area contributed by atoms with E-state index in [1.165, 1.54) is 36.5 Å². The Morgan fingerprint density at radius 3 is 2.52 bits per heavy atom. The lowest BCUT2D eigenvalue weighted by Crippen LogP contribution is -2.22. The van der Waals surface area contributed by atoms with Crippen LogP contribution >= 0.6 is 11.3 Å². The molecule has 0 radical (unpaired) electrons. The Morgan fingerprint density at radius 2 is 1.87 bits per heavy atom. The van der Waals surface area contributed by atoms with E-state index in [4.69, 9.17) is 15.2 Å². The second-order valence-corrected chi connectivity index (χ2v) is 8.20. The molecule has 31 heavy (non-hydrogen) atoms. The molecule has 3 N–H and O–H groups in total. The zero-order chi connectivity index (χ0) is 22.7. The molecular formula is C21H24N4O5S. The predicted octanol–water partition coefficient (Wildman–Crippen LogP) is 2.61. The van der Waals surface area contributed by atoms with Gasteiger partial charge in [-0.1, -0.05) is 0 Å². The molecule has 0 saturated heterocycles. The number of ether oxygens (including phenoxy) is 2. The first kappa shape index (κ1) is 22.3. The van der Waals surface area contributed by atoms with Crippen molar-refractivity contribution in [3.8, 4) is 11.5 Å². The van der Waals surface area contributed by atoms with Gasteiger partial charge in [0.1, 0.15) is 5.00 Å². The monoisotopic (exact) mass is 444 g/mol. The molecule has 3 rings (SSSR count). The Labute approximate surface area is 182 Å². The highest BCUT2D eigenvalue weighted by atomic mass is 32.1. The van der Waals surface area contributed by atoms with E-state index in [1.54, 1.807) is 19.1 Å². The average Bonchev–Trinajstić information content (AvgIpc) is 3.01. The molecule has 0 atom stereocenters. The minimum Gasteiger partial charge on any atom is -0.493 e. The third-order valence-electron chi connectivity index (χ3n) is 5.02. The van der Waals surface area contributed by atoms with Crippen molar-refractivity contribution >= 4 is 39.1 Å². The van der Waals surface area contributed by atoms with Crippen molar-refractivity contribution in [3.05, 3.63) is 44.8 Å². The molecule has 0 aliphatic carbocycles. The highest BCUT2D eigenvalue weighted by molar-refractivity contribution is 7.16. The van der Waals surface area contributed by atoms with E-state index in [0.717, 1.165) is 10.4 Å². The number of nitrogens with two attached hydrogens (primary N) is 1. The molecule has 2 amide bonds. The lowest BCUT2D eigenvalue weighted by Gasteiger charge is -2.10. The van der Waals surface area contributed by atoms with Gasteiger partial charge in [-0.2, -0.15) is 0 Å². The first-order valence-electron chi connectivity index (χ1n) is 9.57. The highest BCUT2D eigenvalue weighted by Gasteiger charge is 2.19. The van der Waals surface area contributed by atoms with Crippen LogP contribution in [0.3, 0.4) is 0 Å². The number of methoxy groups -OCH3 is 2. The van der Waals surface area contributed by atoms with Crippen LogP contribution in [0.4, 0.5) is 5.00 Å². The van der Waals surface area contributed by atoms with Crippen molar-refractivity contribution < 1.29 is 19.1 Å². The molecule has 0 fully saturated rings. The number of aromatic nitrogens is 2. The quantitative estimate of drug-likeness (QED) is 0.550. The number of hydrogen-bond donors (Lipinski definition) is 2. The summed E-state index contributed by atoms with van der Waals surface area (Å²) in [4.78, 5) is 42.1. The molecule has 0 bridgehead atoms. The van der Waals surface area contributed by atoms with E-state index >= 15 is 0 Å². The summed E-state index contributed by atoms with van der Waals surface area (Å²) in [5.74, 6) is 0.110. The fourth-order valence-corrected chi connectivity index (χ4v) is 4.34. The Balaban J connectivity index is 1.70. The molecule has 2 heterocycles. The SMILES string of the molecule is COc1cc2ncn(CCCC(=O)Nc3sc(C)c(C)c3C(N)=O)c(=O)c2cc1OC. The lowest BCUT2D eigenvalue weighted by atomic mass is 10.1. The molecule has 3 aromatic rings. The van der Waals surface area contributed by atoms with Gasteiger partial charge in [-0.25, -0.2) is 4.98 Å². The third kappa shape index (κ3) is 4.53. The molecule has 2 aromatic heterocycles. The largest absolute Gasteiger partial charge is 0.493 e. The maximum absolute atomic E-state index is 12.8. The van der Waals surface area contributed by atoms with Crippen molar-refractivity contribution in [1.29, 1.82) is 0 Å². The first-order chi connectivity index (χ1) is 14.8. The van der Waals surface area contributed by atoms with Crippen LogP contribution in [0.5, 0.6) is 11.5 Å². The van der Waals surface area contributed by atoms with Gasteiger partial charge >= 0.3 is 0 Å². The summed E-state index contributed by atoms with van der Waals surface area (Å²) < 4.78 is 12.0. The van der Waals surface area contributed by atoms with Crippen LogP contribution in [0.15, 0.2) is 23.3 Å². The van der Waals surface area contributed by atoms with E-state index < -0.39 is 5.91 Å². The number of amides is 2. The summed E-state index contributed by atoms with van der Waals surface area (Å²) >= 11 is 1.32. The molecule has 10 heteroatoms. The smallest absolute Gasteiger partial charge is 0.261 e. The molecule has 0 unspecified atom stereocenters. The number of anilines is 1. The Kier molecular flexibility index (Phi) is 6.59. The van der Waals surface area contributed by atoms with Crippen LogP contribution in [-0.2, 0) is 11.3 Å². The Hall–Kier alpha value is -3.40. The van der Waals surface area contributed by atoms with Crippen molar-refractivity contribution in [2.24, 2.45) is 5.73 Å². The van der Waals surface area contributed by atoms with E-state index in [1.807, 2.05) is 6.92 Å². The van der Waals surface area contributed by atoms with Gasteiger partial charge in [0.05, 0.1) is 37.0 Å². The van der Waals surface area contributed by atoms with Gasteiger partial charge < -0.3 is 20.5 Å². The number of aryl methyl sites for hydroxylation is 2. The number of nitrogens with one attached hydrogen (secondary N) is 1. The van der Waals surface area contributed by atoms with Crippen molar-refractivity contribution in [2.75, 3.05) is 19.5 Å². The zero-order valence-electron chi connectivity index (χ0n) is 17.8.